The molecule has 1 aromatic rings. The Balaban J connectivity index is 2.40. The average Bonchev–Trinajstić information content (AvgIpc) is 2.28. The summed E-state index contributed by atoms with van der Waals surface area (Å²) in [7, 11) is 1.89. The van der Waals surface area contributed by atoms with Gasteiger partial charge in [0.1, 0.15) is 0 Å². The second-order valence-corrected chi connectivity index (χ2v) is 4.98. The molecule has 0 fully saturated rings. The van der Waals surface area contributed by atoms with Gasteiger partial charge in [-0.15, -0.1) is 0 Å². The van der Waals surface area contributed by atoms with Crippen LogP contribution in [-0.4, -0.2) is 26.0 Å². The number of likely N-dealkylation sites (N-methyl/N-ethyl adjacent to an activating group) is 1. The topological polar surface area (TPSA) is 58.4 Å². The summed E-state index contributed by atoms with van der Waals surface area (Å²) < 4.78 is 0. The SMILES string of the molecule is CC(C)CCNC(=O)CN(C)c1cccc(N)c1. The maximum Gasteiger partial charge on any atom is 0.239 e. The number of nitrogen functional groups attached to an aromatic ring is 1. The highest BCUT2D eigenvalue weighted by Gasteiger charge is 2.07. The largest absolute Gasteiger partial charge is 0.399 e. The van der Waals surface area contributed by atoms with Gasteiger partial charge >= 0.3 is 0 Å². The fraction of sp³-hybridized carbons (Fsp3) is 0.500. The number of nitrogens with two attached hydrogens (primary N) is 1. The summed E-state index contributed by atoms with van der Waals surface area (Å²) >= 11 is 0. The van der Waals surface area contributed by atoms with Crippen LogP contribution in [0.1, 0.15) is 20.3 Å². The van der Waals surface area contributed by atoms with Crippen molar-refractivity contribution in [2.24, 2.45) is 5.92 Å². The van der Waals surface area contributed by atoms with Gasteiger partial charge in [0.05, 0.1) is 6.54 Å². The van der Waals surface area contributed by atoms with Crippen molar-refractivity contribution in [3.63, 3.8) is 0 Å². The van der Waals surface area contributed by atoms with Crippen LogP contribution < -0.4 is 16.0 Å². The van der Waals surface area contributed by atoms with Gasteiger partial charge < -0.3 is 16.0 Å². The second-order valence-electron chi connectivity index (χ2n) is 4.98. The Kier molecular flexibility index (Phi) is 5.49. The first-order chi connectivity index (χ1) is 8.49. The van der Waals surface area contributed by atoms with Crippen LogP contribution in [-0.2, 0) is 4.79 Å². The van der Waals surface area contributed by atoms with Gasteiger partial charge in [0, 0.05) is 25.0 Å². The van der Waals surface area contributed by atoms with Crippen molar-refractivity contribution in [1.82, 2.24) is 5.32 Å². The van der Waals surface area contributed by atoms with Crippen LogP contribution in [0.15, 0.2) is 24.3 Å². The van der Waals surface area contributed by atoms with E-state index in [9.17, 15) is 4.79 Å². The molecule has 1 rings (SSSR count). The number of hydrogen-bond donors (Lipinski definition) is 2. The lowest BCUT2D eigenvalue weighted by Gasteiger charge is -2.19. The monoisotopic (exact) mass is 249 g/mol. The van der Waals surface area contributed by atoms with Crippen molar-refractivity contribution in [3.05, 3.63) is 24.3 Å². The fourth-order valence-electron chi connectivity index (χ4n) is 1.63. The van der Waals surface area contributed by atoms with Crippen molar-refractivity contribution in [2.75, 3.05) is 30.8 Å². The lowest BCUT2D eigenvalue weighted by Crippen LogP contribution is -2.35. The van der Waals surface area contributed by atoms with Gasteiger partial charge in [0.2, 0.25) is 5.91 Å². The molecule has 4 heteroatoms. The summed E-state index contributed by atoms with van der Waals surface area (Å²) in [6.45, 7) is 5.37. The highest BCUT2D eigenvalue weighted by atomic mass is 16.2. The number of carbonyl (C=O) groups is 1. The molecule has 0 aliphatic rings. The van der Waals surface area contributed by atoms with E-state index in [0.717, 1.165) is 18.7 Å². The zero-order chi connectivity index (χ0) is 13.5. The smallest absolute Gasteiger partial charge is 0.239 e. The Hall–Kier alpha value is -1.71. The third-order valence-electron chi connectivity index (χ3n) is 2.74. The average molecular weight is 249 g/mol. The second kappa shape index (κ2) is 6.89. The summed E-state index contributed by atoms with van der Waals surface area (Å²) in [4.78, 5) is 13.6. The molecule has 0 saturated heterocycles. The number of anilines is 2. The molecule has 0 aliphatic heterocycles. The number of benzene rings is 1. The minimum atomic E-state index is 0.0422. The van der Waals surface area contributed by atoms with Crippen LogP contribution in [0.5, 0.6) is 0 Å². The maximum atomic E-state index is 11.7. The Morgan fingerprint density at radius 1 is 1.44 bits per heavy atom. The summed E-state index contributed by atoms with van der Waals surface area (Å²) in [6.07, 6.45) is 1.01. The van der Waals surface area contributed by atoms with E-state index >= 15 is 0 Å². The van der Waals surface area contributed by atoms with Gasteiger partial charge in [-0.25, -0.2) is 0 Å². The molecule has 100 valence electrons. The van der Waals surface area contributed by atoms with Crippen molar-refractivity contribution >= 4 is 17.3 Å². The summed E-state index contributed by atoms with van der Waals surface area (Å²) in [5, 5.41) is 2.92. The van der Waals surface area contributed by atoms with Gasteiger partial charge in [0.15, 0.2) is 0 Å². The normalized spacial score (nSPS) is 10.4. The molecule has 0 bridgehead atoms. The highest BCUT2D eigenvalue weighted by Crippen LogP contribution is 2.15. The minimum Gasteiger partial charge on any atom is -0.399 e. The number of hydrogen-bond acceptors (Lipinski definition) is 3. The minimum absolute atomic E-state index is 0.0422. The molecule has 0 spiro atoms. The first kappa shape index (κ1) is 14.4. The first-order valence-electron chi connectivity index (χ1n) is 6.32. The molecule has 1 aromatic carbocycles. The molecule has 0 atom stereocenters. The van der Waals surface area contributed by atoms with Crippen LogP contribution >= 0.6 is 0 Å². The Bertz CT molecular complexity index is 390. The van der Waals surface area contributed by atoms with E-state index in [4.69, 9.17) is 5.73 Å². The standard InChI is InChI=1S/C14H23N3O/c1-11(2)7-8-16-14(18)10-17(3)13-6-4-5-12(15)9-13/h4-6,9,11H,7-8,10,15H2,1-3H3,(H,16,18). The zero-order valence-corrected chi connectivity index (χ0v) is 11.4. The molecule has 3 N–H and O–H groups in total. The molecule has 0 heterocycles. The fourth-order valence-corrected chi connectivity index (χ4v) is 1.63. The van der Waals surface area contributed by atoms with E-state index in [-0.39, 0.29) is 5.91 Å². The zero-order valence-electron chi connectivity index (χ0n) is 11.4. The number of carbonyl (C=O) groups excluding carboxylic acids is 1. The number of rotatable bonds is 6. The molecule has 0 radical (unpaired) electrons. The molecule has 0 aromatic heterocycles. The molecule has 0 saturated carbocycles. The van der Waals surface area contributed by atoms with Crippen LogP contribution in [0.4, 0.5) is 11.4 Å². The summed E-state index contributed by atoms with van der Waals surface area (Å²) in [6, 6.07) is 7.52. The number of amides is 1. The number of nitrogens with zero attached hydrogens (tertiary/aromatic N) is 1. The van der Waals surface area contributed by atoms with Crippen LogP contribution in [0.2, 0.25) is 0 Å². The van der Waals surface area contributed by atoms with Crippen molar-refractivity contribution < 1.29 is 4.79 Å². The lowest BCUT2D eigenvalue weighted by atomic mass is 10.1. The van der Waals surface area contributed by atoms with E-state index < -0.39 is 0 Å². The van der Waals surface area contributed by atoms with E-state index in [1.165, 1.54) is 0 Å². The van der Waals surface area contributed by atoms with Gasteiger partial charge in [0.25, 0.3) is 0 Å². The molecule has 18 heavy (non-hydrogen) atoms. The van der Waals surface area contributed by atoms with Gasteiger partial charge in [-0.2, -0.15) is 0 Å². The van der Waals surface area contributed by atoms with Gasteiger partial charge in [-0.1, -0.05) is 19.9 Å². The van der Waals surface area contributed by atoms with Gasteiger partial charge in [-0.3, -0.25) is 4.79 Å². The van der Waals surface area contributed by atoms with Crippen molar-refractivity contribution in [2.45, 2.75) is 20.3 Å². The van der Waals surface area contributed by atoms with Crippen LogP contribution in [0.25, 0.3) is 0 Å². The van der Waals surface area contributed by atoms with E-state index in [1.54, 1.807) is 0 Å². The quantitative estimate of drug-likeness (QED) is 0.757. The molecule has 0 aliphatic carbocycles. The third kappa shape index (κ3) is 5.08. The first-order valence-corrected chi connectivity index (χ1v) is 6.32. The third-order valence-corrected chi connectivity index (χ3v) is 2.74. The molecule has 0 unspecified atom stereocenters. The van der Waals surface area contributed by atoms with Crippen molar-refractivity contribution in [3.8, 4) is 0 Å². The Morgan fingerprint density at radius 2 is 2.17 bits per heavy atom. The molecular weight excluding hydrogens is 226 g/mol. The predicted molar refractivity (Wildman–Crippen MR) is 76.6 cm³/mol. The Morgan fingerprint density at radius 3 is 2.78 bits per heavy atom. The van der Waals surface area contributed by atoms with Crippen LogP contribution in [0.3, 0.4) is 0 Å². The molecule has 4 nitrogen and oxygen atoms in total. The van der Waals surface area contributed by atoms with E-state index in [2.05, 4.69) is 19.2 Å². The lowest BCUT2D eigenvalue weighted by molar-refractivity contribution is -0.119. The van der Waals surface area contributed by atoms with E-state index in [1.807, 2.05) is 36.2 Å². The predicted octanol–water partition coefficient (Wildman–Crippen LogP) is 1.87. The summed E-state index contributed by atoms with van der Waals surface area (Å²) in [5.74, 6) is 0.650. The maximum absolute atomic E-state index is 11.7. The number of nitrogens with one attached hydrogen (secondary N) is 1. The summed E-state index contributed by atoms with van der Waals surface area (Å²) in [5.41, 5.74) is 7.37. The molecular formula is C14H23N3O. The van der Waals surface area contributed by atoms with E-state index in [0.29, 0.717) is 18.2 Å². The van der Waals surface area contributed by atoms with Gasteiger partial charge in [-0.05, 0) is 30.5 Å². The molecule has 1 amide bonds. The van der Waals surface area contributed by atoms with Crippen LogP contribution in [0, 0.1) is 5.92 Å². The Labute approximate surface area is 109 Å². The highest BCUT2D eigenvalue weighted by molar-refractivity contribution is 5.81. The van der Waals surface area contributed by atoms with Crippen molar-refractivity contribution in [1.29, 1.82) is 0 Å².